The van der Waals surface area contributed by atoms with Gasteiger partial charge in [-0.05, 0) is 37.3 Å². The van der Waals surface area contributed by atoms with Crippen molar-refractivity contribution >= 4 is 11.7 Å². The van der Waals surface area contributed by atoms with Gasteiger partial charge in [-0.1, -0.05) is 6.92 Å². The molecule has 1 aromatic heterocycles. The van der Waals surface area contributed by atoms with Crippen LogP contribution in [-0.2, 0) is 6.18 Å². The molecule has 2 rings (SSSR count). The summed E-state index contributed by atoms with van der Waals surface area (Å²) < 4.78 is 38.0. The van der Waals surface area contributed by atoms with Gasteiger partial charge in [-0.3, -0.25) is 4.79 Å². The van der Waals surface area contributed by atoms with Gasteiger partial charge in [-0.2, -0.15) is 13.2 Å². The van der Waals surface area contributed by atoms with E-state index in [1.165, 1.54) is 0 Å². The molecule has 1 amide bonds. The number of carbonyl (C=O) groups excluding carboxylic acids is 1. The Bertz CT molecular complexity index is 516. The molecule has 4 nitrogen and oxygen atoms in total. The van der Waals surface area contributed by atoms with Gasteiger partial charge in [0, 0.05) is 6.04 Å². The molecule has 2 unspecified atom stereocenters. The molecule has 0 bridgehead atoms. The highest BCUT2D eigenvalue weighted by Gasteiger charge is 2.34. The summed E-state index contributed by atoms with van der Waals surface area (Å²) in [5.74, 6) is -0.360. The number of pyridine rings is 1. The molecule has 1 aliphatic carbocycles. The number of primary amides is 1. The molecule has 7 heteroatoms. The smallest absolute Gasteiger partial charge is 0.367 e. The van der Waals surface area contributed by atoms with E-state index in [4.69, 9.17) is 5.73 Å². The van der Waals surface area contributed by atoms with Crippen LogP contribution in [0.15, 0.2) is 12.1 Å². The number of alkyl halides is 3. The monoisotopic (exact) mass is 287 g/mol. The fraction of sp³-hybridized carbons (Fsp3) is 0.538. The van der Waals surface area contributed by atoms with E-state index in [2.05, 4.69) is 17.2 Å². The minimum atomic E-state index is -4.55. The molecule has 1 heterocycles. The molecule has 0 spiro atoms. The Morgan fingerprint density at radius 2 is 2.10 bits per heavy atom. The van der Waals surface area contributed by atoms with Gasteiger partial charge in [0.25, 0.3) is 5.91 Å². The van der Waals surface area contributed by atoms with E-state index in [0.29, 0.717) is 5.92 Å². The summed E-state index contributed by atoms with van der Waals surface area (Å²) in [6.07, 6.45) is -1.86. The predicted molar refractivity (Wildman–Crippen MR) is 68.2 cm³/mol. The number of anilines is 1. The summed E-state index contributed by atoms with van der Waals surface area (Å²) in [6.45, 7) is 2.08. The largest absolute Gasteiger partial charge is 0.433 e. The number of aromatic nitrogens is 1. The molecule has 2 atom stereocenters. The number of amides is 1. The van der Waals surface area contributed by atoms with E-state index < -0.39 is 17.8 Å². The normalized spacial score (nSPS) is 22.8. The van der Waals surface area contributed by atoms with Gasteiger partial charge in [0.15, 0.2) is 0 Å². The van der Waals surface area contributed by atoms with Crippen LogP contribution in [0.2, 0.25) is 0 Å². The standard InChI is InChI=1S/C13H16F3N3O/c1-7-2-3-8(6-7)18-12-9(11(17)20)4-5-10(19-12)13(14,15)16/h4-5,7-8H,2-3,6H2,1H3,(H2,17,20)(H,18,19). The Morgan fingerprint density at radius 1 is 1.40 bits per heavy atom. The van der Waals surface area contributed by atoms with Crippen molar-refractivity contribution in [2.75, 3.05) is 5.32 Å². The average molecular weight is 287 g/mol. The van der Waals surface area contributed by atoms with Gasteiger partial charge in [0.2, 0.25) is 0 Å². The van der Waals surface area contributed by atoms with E-state index >= 15 is 0 Å². The second-order valence-corrected chi connectivity index (χ2v) is 5.21. The summed E-state index contributed by atoms with van der Waals surface area (Å²) in [4.78, 5) is 14.8. The van der Waals surface area contributed by atoms with E-state index in [-0.39, 0.29) is 17.4 Å². The first-order chi connectivity index (χ1) is 9.27. The minimum absolute atomic E-state index is 0.0162. The first-order valence-corrected chi connectivity index (χ1v) is 6.42. The van der Waals surface area contributed by atoms with Gasteiger partial charge in [0.1, 0.15) is 11.5 Å². The first kappa shape index (κ1) is 14.6. The maximum atomic E-state index is 12.7. The summed E-state index contributed by atoms with van der Waals surface area (Å²) in [7, 11) is 0. The van der Waals surface area contributed by atoms with Crippen LogP contribution < -0.4 is 11.1 Å². The van der Waals surface area contributed by atoms with Gasteiger partial charge in [-0.15, -0.1) is 0 Å². The zero-order valence-electron chi connectivity index (χ0n) is 11.0. The Balaban J connectivity index is 2.30. The van der Waals surface area contributed by atoms with Gasteiger partial charge < -0.3 is 11.1 Å². The molecule has 20 heavy (non-hydrogen) atoms. The van der Waals surface area contributed by atoms with Crippen molar-refractivity contribution < 1.29 is 18.0 Å². The summed E-state index contributed by atoms with van der Waals surface area (Å²) in [5.41, 5.74) is 4.13. The third-order valence-electron chi connectivity index (χ3n) is 3.49. The zero-order chi connectivity index (χ0) is 14.9. The average Bonchev–Trinajstić information content (AvgIpc) is 2.73. The highest BCUT2D eigenvalue weighted by Crippen LogP contribution is 2.31. The molecule has 3 N–H and O–H groups in total. The Morgan fingerprint density at radius 3 is 2.60 bits per heavy atom. The Hall–Kier alpha value is -1.79. The second-order valence-electron chi connectivity index (χ2n) is 5.21. The van der Waals surface area contributed by atoms with Crippen LogP contribution in [0, 0.1) is 5.92 Å². The SMILES string of the molecule is CC1CCC(Nc2nc(C(F)(F)F)ccc2C(N)=O)C1. The number of rotatable bonds is 3. The lowest BCUT2D eigenvalue weighted by Crippen LogP contribution is -2.23. The molecule has 1 saturated carbocycles. The molecule has 110 valence electrons. The van der Waals surface area contributed by atoms with Crippen LogP contribution in [0.1, 0.15) is 42.2 Å². The molecule has 0 radical (unpaired) electrons. The Kier molecular flexibility index (Phi) is 3.87. The van der Waals surface area contributed by atoms with Crippen molar-refractivity contribution in [3.8, 4) is 0 Å². The number of carbonyl (C=O) groups is 1. The number of nitrogens with zero attached hydrogens (tertiary/aromatic N) is 1. The van der Waals surface area contributed by atoms with Crippen LogP contribution in [0.3, 0.4) is 0 Å². The molecular formula is C13H16F3N3O. The van der Waals surface area contributed by atoms with Crippen LogP contribution in [0.5, 0.6) is 0 Å². The predicted octanol–water partition coefficient (Wildman–Crippen LogP) is 2.80. The highest BCUT2D eigenvalue weighted by atomic mass is 19.4. The molecule has 1 fully saturated rings. The van der Waals surface area contributed by atoms with Crippen molar-refractivity contribution in [3.05, 3.63) is 23.4 Å². The molecule has 0 aromatic carbocycles. The third kappa shape index (κ3) is 3.20. The highest BCUT2D eigenvalue weighted by molar-refractivity contribution is 5.97. The van der Waals surface area contributed by atoms with Crippen molar-refractivity contribution in [2.45, 2.75) is 38.4 Å². The molecule has 0 saturated heterocycles. The lowest BCUT2D eigenvalue weighted by molar-refractivity contribution is -0.141. The maximum absolute atomic E-state index is 12.7. The summed E-state index contributed by atoms with van der Waals surface area (Å²) in [5, 5.41) is 2.92. The topological polar surface area (TPSA) is 68.0 Å². The van der Waals surface area contributed by atoms with Crippen molar-refractivity contribution in [3.63, 3.8) is 0 Å². The molecule has 1 aliphatic rings. The van der Waals surface area contributed by atoms with Crippen LogP contribution in [0.25, 0.3) is 0 Å². The van der Waals surface area contributed by atoms with Crippen LogP contribution in [-0.4, -0.2) is 16.9 Å². The van der Waals surface area contributed by atoms with Gasteiger partial charge in [0.05, 0.1) is 5.56 Å². The van der Waals surface area contributed by atoms with Crippen molar-refractivity contribution in [1.82, 2.24) is 4.98 Å². The lowest BCUT2D eigenvalue weighted by atomic mass is 10.1. The van der Waals surface area contributed by atoms with Gasteiger partial charge in [-0.25, -0.2) is 4.98 Å². The maximum Gasteiger partial charge on any atom is 0.433 e. The van der Waals surface area contributed by atoms with E-state index in [9.17, 15) is 18.0 Å². The van der Waals surface area contributed by atoms with Crippen molar-refractivity contribution in [1.29, 1.82) is 0 Å². The second kappa shape index (κ2) is 5.30. The quantitative estimate of drug-likeness (QED) is 0.898. The summed E-state index contributed by atoms with van der Waals surface area (Å²) in [6, 6.07) is 1.86. The van der Waals surface area contributed by atoms with Crippen LogP contribution in [0.4, 0.5) is 19.0 Å². The fourth-order valence-corrected chi connectivity index (χ4v) is 2.46. The van der Waals surface area contributed by atoms with Gasteiger partial charge >= 0.3 is 6.18 Å². The molecule has 1 aromatic rings. The van der Waals surface area contributed by atoms with E-state index in [1.807, 2.05) is 0 Å². The van der Waals surface area contributed by atoms with Crippen molar-refractivity contribution in [2.24, 2.45) is 11.7 Å². The fourth-order valence-electron chi connectivity index (χ4n) is 2.46. The number of hydrogen-bond donors (Lipinski definition) is 2. The summed E-state index contributed by atoms with van der Waals surface area (Å²) >= 11 is 0. The lowest BCUT2D eigenvalue weighted by Gasteiger charge is -2.17. The number of nitrogens with one attached hydrogen (secondary N) is 1. The molecular weight excluding hydrogens is 271 g/mol. The zero-order valence-corrected chi connectivity index (χ0v) is 11.0. The van der Waals surface area contributed by atoms with E-state index in [1.54, 1.807) is 0 Å². The van der Waals surface area contributed by atoms with E-state index in [0.717, 1.165) is 31.4 Å². The third-order valence-corrected chi connectivity index (χ3v) is 3.49. The number of halogens is 3. The number of nitrogens with two attached hydrogens (primary N) is 1. The Labute approximate surface area is 114 Å². The number of hydrogen-bond acceptors (Lipinski definition) is 3. The van der Waals surface area contributed by atoms with Crippen LogP contribution >= 0.6 is 0 Å². The minimum Gasteiger partial charge on any atom is -0.367 e. The first-order valence-electron chi connectivity index (χ1n) is 6.42. The molecule has 0 aliphatic heterocycles.